The van der Waals surface area contributed by atoms with Crippen molar-refractivity contribution in [1.29, 1.82) is 5.26 Å². The smallest absolute Gasteiger partial charge is 0.223 e. The second-order valence-electron chi connectivity index (χ2n) is 13.8. The SMILES string of the molecule is CCNC(C)CCCN(C)C(C)C.Cc1ccc(CN2C[C@@H](N(CC3=CCC=CC(C#N)=C3)C(=O)CCC(C)C)C[C@H]2C=O)n1C. The lowest BCUT2D eigenvalue weighted by Gasteiger charge is -2.30. The van der Waals surface area contributed by atoms with Crippen molar-refractivity contribution in [3.05, 3.63) is 59.0 Å². The fraction of sp³-hybridized carbons (Fsp3) is 0.658. The summed E-state index contributed by atoms with van der Waals surface area (Å²) in [5.41, 5.74) is 3.93. The molecule has 256 valence electrons. The molecule has 1 aliphatic carbocycles. The van der Waals surface area contributed by atoms with Crippen molar-refractivity contribution in [2.24, 2.45) is 13.0 Å². The lowest BCUT2D eigenvalue weighted by atomic mass is 10.0. The van der Waals surface area contributed by atoms with Crippen molar-refractivity contribution in [3.63, 3.8) is 0 Å². The first-order valence-corrected chi connectivity index (χ1v) is 17.4. The molecule has 1 amide bonds. The van der Waals surface area contributed by atoms with E-state index in [2.05, 4.69) is 99.5 Å². The highest BCUT2D eigenvalue weighted by molar-refractivity contribution is 5.77. The van der Waals surface area contributed by atoms with Crippen LogP contribution in [-0.2, 0) is 23.2 Å². The molecule has 3 atom stereocenters. The van der Waals surface area contributed by atoms with Crippen LogP contribution in [0.25, 0.3) is 0 Å². The Bertz CT molecular complexity index is 1220. The van der Waals surface area contributed by atoms with Gasteiger partial charge in [-0.1, -0.05) is 32.9 Å². The summed E-state index contributed by atoms with van der Waals surface area (Å²) in [4.78, 5) is 31.8. The van der Waals surface area contributed by atoms with Gasteiger partial charge in [0.1, 0.15) is 6.29 Å². The van der Waals surface area contributed by atoms with Gasteiger partial charge in [0.25, 0.3) is 0 Å². The van der Waals surface area contributed by atoms with Crippen LogP contribution in [0.3, 0.4) is 0 Å². The van der Waals surface area contributed by atoms with Crippen LogP contribution in [0.4, 0.5) is 0 Å². The molecule has 1 aromatic rings. The van der Waals surface area contributed by atoms with E-state index in [1.165, 1.54) is 25.1 Å². The van der Waals surface area contributed by atoms with Crippen LogP contribution < -0.4 is 5.32 Å². The van der Waals surface area contributed by atoms with E-state index in [4.69, 9.17) is 0 Å². The molecule has 0 radical (unpaired) electrons. The number of aryl methyl sites for hydroxylation is 1. The molecule has 3 rings (SSSR count). The molecule has 1 fully saturated rings. The Balaban J connectivity index is 0.000000479. The Kier molecular flexibility index (Phi) is 17.3. The number of hydrogen-bond donors (Lipinski definition) is 1. The third kappa shape index (κ3) is 13.0. The zero-order valence-corrected chi connectivity index (χ0v) is 30.3. The average Bonchev–Trinajstić information content (AvgIpc) is 3.47. The van der Waals surface area contributed by atoms with Crippen LogP contribution in [0, 0.1) is 24.2 Å². The lowest BCUT2D eigenvalue weighted by molar-refractivity contribution is -0.133. The number of rotatable bonds is 16. The third-order valence-corrected chi connectivity index (χ3v) is 9.34. The summed E-state index contributed by atoms with van der Waals surface area (Å²) in [7, 11) is 4.24. The first-order valence-electron chi connectivity index (χ1n) is 17.4. The van der Waals surface area contributed by atoms with Crippen molar-refractivity contribution in [1.82, 2.24) is 24.6 Å². The minimum atomic E-state index is -0.208. The Hall–Kier alpha value is -2.99. The normalized spacial score (nSPS) is 18.9. The van der Waals surface area contributed by atoms with Crippen LogP contribution in [0.5, 0.6) is 0 Å². The average molecular weight is 635 g/mol. The number of aldehydes is 1. The second kappa shape index (κ2) is 20.3. The van der Waals surface area contributed by atoms with Crippen LogP contribution in [0.1, 0.15) is 91.5 Å². The molecule has 0 spiro atoms. The first kappa shape index (κ1) is 39.2. The van der Waals surface area contributed by atoms with Crippen LogP contribution in [-0.4, -0.2) is 88.9 Å². The van der Waals surface area contributed by atoms with Crippen LogP contribution >= 0.6 is 0 Å². The van der Waals surface area contributed by atoms with E-state index in [1.54, 1.807) is 0 Å². The topological polar surface area (TPSA) is 84.6 Å². The Morgan fingerprint density at radius 3 is 2.52 bits per heavy atom. The molecule has 0 bridgehead atoms. The Morgan fingerprint density at radius 1 is 1.20 bits per heavy atom. The standard InChI is InChI=1S/C27H36N4O2.C11H26N2/c1-20(2)9-12-27(33)31(16-23-8-6-5-7-22(13-23)15-28)25-14-26(19-32)30(18-25)17-24-11-10-21(3)29(24)4;1-6-12-11(4)8-7-9-13(5)10(2)3/h5,7-8,10-11,13,19-20,25-26H,6,9,12,14,16-18H2,1-4H3;10-12H,6-9H2,1-5H3/t25-,26-;/m0./s1. The highest BCUT2D eigenvalue weighted by atomic mass is 16.2. The van der Waals surface area contributed by atoms with E-state index in [1.807, 2.05) is 30.2 Å². The number of nitrogens with one attached hydrogen (secondary N) is 1. The van der Waals surface area contributed by atoms with Crippen LogP contribution in [0.15, 0.2) is 47.6 Å². The second-order valence-corrected chi connectivity index (χ2v) is 13.8. The van der Waals surface area contributed by atoms with Crippen molar-refractivity contribution >= 4 is 12.2 Å². The summed E-state index contributed by atoms with van der Waals surface area (Å²) in [6.45, 7) is 19.4. The summed E-state index contributed by atoms with van der Waals surface area (Å²) in [6, 6.07) is 7.52. The fourth-order valence-corrected chi connectivity index (χ4v) is 5.92. The minimum absolute atomic E-state index is 0.0303. The Morgan fingerprint density at radius 2 is 1.93 bits per heavy atom. The molecule has 8 nitrogen and oxygen atoms in total. The van der Waals surface area contributed by atoms with Crippen molar-refractivity contribution in [2.45, 2.75) is 118 Å². The van der Waals surface area contributed by atoms with E-state index < -0.39 is 0 Å². The first-order chi connectivity index (χ1) is 21.9. The maximum absolute atomic E-state index is 13.3. The van der Waals surface area contributed by atoms with Gasteiger partial charge in [-0.3, -0.25) is 9.69 Å². The van der Waals surface area contributed by atoms with Gasteiger partial charge in [0.05, 0.1) is 17.7 Å². The number of nitrogens with zero attached hydrogens (tertiary/aromatic N) is 5. The highest BCUT2D eigenvalue weighted by Crippen LogP contribution is 2.26. The summed E-state index contributed by atoms with van der Waals surface area (Å²) >= 11 is 0. The number of allylic oxidation sites excluding steroid dienone is 4. The minimum Gasteiger partial charge on any atom is -0.351 e. The number of aromatic nitrogens is 1. The molecule has 0 aromatic carbocycles. The number of carbonyl (C=O) groups is 2. The molecule has 1 aliphatic heterocycles. The van der Waals surface area contributed by atoms with Crippen molar-refractivity contribution in [2.75, 3.05) is 33.2 Å². The largest absolute Gasteiger partial charge is 0.351 e. The van der Waals surface area contributed by atoms with E-state index in [9.17, 15) is 14.9 Å². The van der Waals surface area contributed by atoms with Crippen molar-refractivity contribution in [3.8, 4) is 6.07 Å². The highest BCUT2D eigenvalue weighted by Gasteiger charge is 2.37. The number of likely N-dealkylation sites (tertiary alicyclic amines) is 1. The van der Waals surface area contributed by atoms with Gasteiger partial charge in [-0.25, -0.2) is 0 Å². The Labute approximate surface area is 280 Å². The molecular formula is C38H62N6O2. The number of amides is 1. The zero-order valence-electron chi connectivity index (χ0n) is 30.3. The molecule has 0 saturated carbocycles. The van der Waals surface area contributed by atoms with E-state index in [-0.39, 0.29) is 18.0 Å². The van der Waals surface area contributed by atoms with Gasteiger partial charge in [0.15, 0.2) is 0 Å². The molecule has 8 heteroatoms. The molecule has 2 aliphatic rings. The quantitative estimate of drug-likeness (QED) is 0.219. The van der Waals surface area contributed by atoms with Gasteiger partial charge in [-0.15, -0.1) is 0 Å². The maximum atomic E-state index is 13.3. The third-order valence-electron chi connectivity index (χ3n) is 9.34. The van der Waals surface area contributed by atoms with E-state index >= 15 is 0 Å². The molecule has 1 aromatic heterocycles. The van der Waals surface area contributed by atoms with Crippen LogP contribution in [0.2, 0.25) is 0 Å². The predicted molar refractivity (Wildman–Crippen MR) is 190 cm³/mol. The number of carbonyl (C=O) groups excluding carboxylic acids is 2. The monoisotopic (exact) mass is 634 g/mol. The number of nitriles is 1. The van der Waals surface area contributed by atoms with E-state index in [0.717, 1.165) is 36.9 Å². The van der Waals surface area contributed by atoms with Gasteiger partial charge < -0.3 is 24.5 Å². The van der Waals surface area contributed by atoms with Gasteiger partial charge >= 0.3 is 0 Å². The zero-order chi connectivity index (χ0) is 34.2. The summed E-state index contributed by atoms with van der Waals surface area (Å²) < 4.78 is 2.15. The van der Waals surface area contributed by atoms with Gasteiger partial charge in [0.2, 0.25) is 5.91 Å². The molecule has 1 saturated heterocycles. The van der Waals surface area contributed by atoms with Gasteiger partial charge in [-0.2, -0.15) is 5.26 Å². The fourth-order valence-electron chi connectivity index (χ4n) is 5.92. The van der Waals surface area contributed by atoms with Gasteiger partial charge in [-0.05, 0) is 116 Å². The van der Waals surface area contributed by atoms with Crippen molar-refractivity contribution < 1.29 is 9.59 Å². The molecule has 1 unspecified atom stereocenters. The lowest BCUT2D eigenvalue weighted by Crippen LogP contribution is -2.43. The molecule has 1 N–H and O–H groups in total. The maximum Gasteiger partial charge on any atom is 0.223 e. The molecule has 46 heavy (non-hydrogen) atoms. The summed E-state index contributed by atoms with van der Waals surface area (Å²) in [6.07, 6.45) is 14.1. The summed E-state index contributed by atoms with van der Waals surface area (Å²) in [5.74, 6) is 0.575. The number of hydrogen-bond acceptors (Lipinski definition) is 6. The molecule has 2 heterocycles. The predicted octanol–water partition coefficient (Wildman–Crippen LogP) is 6.18. The van der Waals surface area contributed by atoms with E-state index in [0.29, 0.717) is 56.1 Å². The summed E-state index contributed by atoms with van der Waals surface area (Å²) in [5, 5.41) is 12.8. The van der Waals surface area contributed by atoms with Gasteiger partial charge in [0, 0.05) is 62.6 Å². The molecular weight excluding hydrogens is 572 g/mol.